The zero-order valence-corrected chi connectivity index (χ0v) is 12.7. The van der Waals surface area contributed by atoms with Crippen molar-refractivity contribution in [2.24, 2.45) is 0 Å². The third kappa shape index (κ3) is 2.21. The maximum absolute atomic E-state index is 6.13. The van der Waals surface area contributed by atoms with Gasteiger partial charge in [-0.2, -0.15) is 0 Å². The van der Waals surface area contributed by atoms with E-state index in [1.165, 1.54) is 27.6 Å². The molecule has 2 nitrogen and oxygen atoms in total. The number of rotatable bonds is 3. The zero-order chi connectivity index (χ0) is 14.9. The lowest BCUT2D eigenvalue weighted by atomic mass is 9.95. The van der Waals surface area contributed by atoms with E-state index in [0.29, 0.717) is 12.5 Å². The molecule has 0 spiro atoms. The number of anilines is 1. The lowest BCUT2D eigenvalue weighted by Gasteiger charge is -2.14. The molecule has 4 rings (SSSR count). The van der Waals surface area contributed by atoms with Crippen LogP contribution in [0.25, 0.3) is 10.8 Å². The molecule has 0 saturated heterocycles. The predicted octanol–water partition coefficient (Wildman–Crippen LogP) is 4.95. The van der Waals surface area contributed by atoms with Crippen LogP contribution in [0.15, 0.2) is 60.7 Å². The Bertz CT molecular complexity index is 811. The van der Waals surface area contributed by atoms with Gasteiger partial charge in [-0.15, -0.1) is 0 Å². The summed E-state index contributed by atoms with van der Waals surface area (Å²) in [5.74, 6) is 1.50. The Morgan fingerprint density at radius 1 is 1.00 bits per heavy atom. The highest BCUT2D eigenvalue weighted by Gasteiger charge is 2.22. The highest BCUT2D eigenvalue weighted by molar-refractivity contribution is 5.96. The summed E-state index contributed by atoms with van der Waals surface area (Å²) in [6, 6.07) is 21.0. The molecule has 0 amide bonds. The maximum atomic E-state index is 6.13. The average molecular weight is 289 g/mol. The van der Waals surface area contributed by atoms with Gasteiger partial charge < -0.3 is 10.1 Å². The Morgan fingerprint density at radius 3 is 2.55 bits per heavy atom. The predicted molar refractivity (Wildman–Crippen MR) is 91.6 cm³/mol. The second-order valence-corrected chi connectivity index (χ2v) is 5.94. The summed E-state index contributed by atoms with van der Waals surface area (Å²) in [5.41, 5.74) is 3.82. The smallest absolute Gasteiger partial charge is 0.129 e. The molecule has 0 bridgehead atoms. The fourth-order valence-corrected chi connectivity index (χ4v) is 3.26. The molecule has 3 aromatic carbocycles. The SMILES string of the molecule is C[C@@H]1CNc2cc(OCc3ccccc3)c3ccccc3c21. The molecular weight excluding hydrogens is 270 g/mol. The normalized spacial score (nSPS) is 16.3. The van der Waals surface area contributed by atoms with Crippen molar-refractivity contribution < 1.29 is 4.74 Å². The minimum atomic E-state index is 0.545. The Labute approximate surface area is 130 Å². The molecule has 1 atom stereocenters. The van der Waals surface area contributed by atoms with E-state index < -0.39 is 0 Å². The summed E-state index contributed by atoms with van der Waals surface area (Å²) in [5, 5.41) is 6.01. The van der Waals surface area contributed by atoms with E-state index in [1.54, 1.807) is 0 Å². The lowest BCUT2D eigenvalue weighted by molar-refractivity contribution is 0.310. The van der Waals surface area contributed by atoms with Crippen molar-refractivity contribution in [3.63, 3.8) is 0 Å². The van der Waals surface area contributed by atoms with Crippen molar-refractivity contribution in [1.82, 2.24) is 0 Å². The molecule has 1 N–H and O–H groups in total. The summed E-state index contributed by atoms with van der Waals surface area (Å²) < 4.78 is 6.13. The van der Waals surface area contributed by atoms with Crippen molar-refractivity contribution in [1.29, 1.82) is 0 Å². The fraction of sp³-hybridized carbons (Fsp3) is 0.200. The Kier molecular flexibility index (Phi) is 3.23. The van der Waals surface area contributed by atoms with Crippen LogP contribution in [-0.2, 0) is 6.61 Å². The van der Waals surface area contributed by atoms with E-state index >= 15 is 0 Å². The van der Waals surface area contributed by atoms with Crippen LogP contribution in [0.5, 0.6) is 5.75 Å². The number of ether oxygens (including phenoxy) is 1. The van der Waals surface area contributed by atoms with Crippen LogP contribution < -0.4 is 10.1 Å². The van der Waals surface area contributed by atoms with Gasteiger partial charge in [0.25, 0.3) is 0 Å². The maximum Gasteiger partial charge on any atom is 0.129 e. The van der Waals surface area contributed by atoms with Crippen LogP contribution in [-0.4, -0.2) is 6.54 Å². The quantitative estimate of drug-likeness (QED) is 0.736. The van der Waals surface area contributed by atoms with E-state index in [2.05, 4.69) is 54.7 Å². The van der Waals surface area contributed by atoms with Gasteiger partial charge in [0.1, 0.15) is 12.4 Å². The van der Waals surface area contributed by atoms with Gasteiger partial charge in [-0.25, -0.2) is 0 Å². The van der Waals surface area contributed by atoms with E-state index in [1.807, 2.05) is 18.2 Å². The van der Waals surface area contributed by atoms with Crippen LogP contribution in [0, 0.1) is 0 Å². The Hall–Kier alpha value is -2.48. The number of hydrogen-bond donors (Lipinski definition) is 1. The van der Waals surface area contributed by atoms with E-state index in [-0.39, 0.29) is 0 Å². The molecule has 3 aromatic rings. The molecule has 22 heavy (non-hydrogen) atoms. The monoisotopic (exact) mass is 289 g/mol. The van der Waals surface area contributed by atoms with E-state index in [0.717, 1.165) is 12.3 Å². The second-order valence-electron chi connectivity index (χ2n) is 5.94. The molecule has 0 aromatic heterocycles. The summed E-state index contributed by atoms with van der Waals surface area (Å²) in [7, 11) is 0. The van der Waals surface area contributed by atoms with Crippen LogP contribution >= 0.6 is 0 Å². The molecule has 1 aliphatic heterocycles. The van der Waals surface area contributed by atoms with Crippen molar-refractivity contribution in [3.8, 4) is 5.75 Å². The van der Waals surface area contributed by atoms with Crippen molar-refractivity contribution in [3.05, 3.63) is 71.8 Å². The first-order valence-electron chi connectivity index (χ1n) is 7.79. The van der Waals surface area contributed by atoms with Crippen LogP contribution in [0.1, 0.15) is 24.0 Å². The standard InChI is InChI=1S/C20H19NO/c1-14-12-21-18-11-19(22-13-15-7-3-2-4-8-15)16-9-5-6-10-17(16)20(14)18/h2-11,14,21H,12-13H2,1H3/t14-/m1/s1. The molecule has 0 aliphatic carbocycles. The molecule has 0 radical (unpaired) electrons. The van der Waals surface area contributed by atoms with Gasteiger partial charge in [0.05, 0.1) is 0 Å². The first kappa shape index (κ1) is 13.2. The van der Waals surface area contributed by atoms with E-state index in [9.17, 15) is 0 Å². The summed E-state index contributed by atoms with van der Waals surface area (Å²) in [6.07, 6.45) is 0. The van der Waals surface area contributed by atoms with Crippen molar-refractivity contribution in [2.45, 2.75) is 19.4 Å². The molecule has 110 valence electrons. The van der Waals surface area contributed by atoms with Gasteiger partial charge in [-0.05, 0) is 16.5 Å². The van der Waals surface area contributed by atoms with Gasteiger partial charge in [0.15, 0.2) is 0 Å². The fourth-order valence-electron chi connectivity index (χ4n) is 3.26. The minimum absolute atomic E-state index is 0.545. The van der Waals surface area contributed by atoms with Crippen LogP contribution in [0.3, 0.4) is 0 Å². The van der Waals surface area contributed by atoms with Crippen LogP contribution in [0.2, 0.25) is 0 Å². The largest absolute Gasteiger partial charge is 0.488 e. The summed E-state index contributed by atoms with van der Waals surface area (Å²) in [4.78, 5) is 0. The molecule has 0 fully saturated rings. The molecule has 2 heteroatoms. The first-order chi connectivity index (χ1) is 10.8. The molecule has 1 aliphatic rings. The number of benzene rings is 3. The average Bonchev–Trinajstić information content (AvgIpc) is 2.95. The number of hydrogen-bond acceptors (Lipinski definition) is 2. The number of nitrogens with one attached hydrogen (secondary N) is 1. The van der Waals surface area contributed by atoms with Gasteiger partial charge in [-0.1, -0.05) is 61.5 Å². The summed E-state index contributed by atoms with van der Waals surface area (Å²) in [6.45, 7) is 3.87. The zero-order valence-electron chi connectivity index (χ0n) is 12.7. The minimum Gasteiger partial charge on any atom is -0.488 e. The Balaban J connectivity index is 1.75. The summed E-state index contributed by atoms with van der Waals surface area (Å²) >= 11 is 0. The van der Waals surface area contributed by atoms with Crippen LogP contribution in [0.4, 0.5) is 5.69 Å². The molecule has 1 heterocycles. The van der Waals surface area contributed by atoms with Gasteiger partial charge in [0.2, 0.25) is 0 Å². The van der Waals surface area contributed by atoms with E-state index in [4.69, 9.17) is 4.74 Å². The highest BCUT2D eigenvalue weighted by Crippen LogP contribution is 2.42. The van der Waals surface area contributed by atoms with Gasteiger partial charge in [0, 0.05) is 29.6 Å². The van der Waals surface area contributed by atoms with Crippen molar-refractivity contribution >= 4 is 16.5 Å². The number of fused-ring (bicyclic) bond motifs is 3. The molecule has 0 unspecified atom stereocenters. The molecule has 0 saturated carbocycles. The topological polar surface area (TPSA) is 21.3 Å². The Morgan fingerprint density at radius 2 is 1.73 bits per heavy atom. The first-order valence-corrected chi connectivity index (χ1v) is 7.79. The van der Waals surface area contributed by atoms with Gasteiger partial charge in [-0.3, -0.25) is 0 Å². The molecular formula is C20H19NO. The second kappa shape index (κ2) is 5.38. The lowest BCUT2D eigenvalue weighted by Crippen LogP contribution is -1.97. The van der Waals surface area contributed by atoms with Gasteiger partial charge >= 0.3 is 0 Å². The van der Waals surface area contributed by atoms with Crippen molar-refractivity contribution in [2.75, 3.05) is 11.9 Å². The highest BCUT2D eigenvalue weighted by atomic mass is 16.5. The third-order valence-electron chi connectivity index (χ3n) is 4.38. The third-order valence-corrected chi connectivity index (χ3v) is 4.38.